The fourth-order valence-electron chi connectivity index (χ4n) is 2.72. The van der Waals surface area contributed by atoms with E-state index in [9.17, 15) is 14.3 Å². The highest BCUT2D eigenvalue weighted by Crippen LogP contribution is 2.25. The van der Waals surface area contributed by atoms with Gasteiger partial charge in [-0.05, 0) is 18.9 Å². The average Bonchev–Trinajstić information content (AvgIpc) is 3.03. The predicted octanol–water partition coefficient (Wildman–Crippen LogP) is 2.14. The summed E-state index contributed by atoms with van der Waals surface area (Å²) >= 11 is 0. The Morgan fingerprint density at radius 2 is 2.35 bits per heavy atom. The first-order chi connectivity index (χ1) is 9.60. The maximum absolute atomic E-state index is 13.3. The van der Waals surface area contributed by atoms with Crippen molar-refractivity contribution in [2.45, 2.75) is 25.9 Å². The Kier molecular flexibility index (Phi) is 3.08. The lowest BCUT2D eigenvalue weighted by Gasteiger charge is -2.19. The van der Waals surface area contributed by atoms with Crippen molar-refractivity contribution in [3.8, 4) is 0 Å². The molecule has 0 radical (unpaired) electrons. The first-order valence-electron chi connectivity index (χ1n) is 6.73. The topological polar surface area (TPSA) is 57.8 Å². The van der Waals surface area contributed by atoms with Crippen LogP contribution in [0.2, 0.25) is 0 Å². The SMILES string of the molecule is CCc1cc(N2CCC(F)C2)cc2ncc(C(=O)O)n12. The summed E-state index contributed by atoms with van der Waals surface area (Å²) in [6.45, 7) is 3.05. The second kappa shape index (κ2) is 4.77. The van der Waals surface area contributed by atoms with Crippen LogP contribution in [0, 0.1) is 0 Å². The lowest BCUT2D eigenvalue weighted by Crippen LogP contribution is -2.20. The van der Waals surface area contributed by atoms with Gasteiger partial charge >= 0.3 is 5.97 Å². The van der Waals surface area contributed by atoms with E-state index in [-0.39, 0.29) is 5.69 Å². The van der Waals surface area contributed by atoms with Gasteiger partial charge in [-0.3, -0.25) is 4.40 Å². The van der Waals surface area contributed by atoms with Crippen molar-refractivity contribution in [3.63, 3.8) is 0 Å². The van der Waals surface area contributed by atoms with Gasteiger partial charge in [0.1, 0.15) is 11.8 Å². The lowest BCUT2D eigenvalue weighted by atomic mass is 10.2. The van der Waals surface area contributed by atoms with Crippen LogP contribution in [-0.4, -0.2) is 39.7 Å². The molecule has 1 N–H and O–H groups in total. The summed E-state index contributed by atoms with van der Waals surface area (Å²) in [5.41, 5.74) is 2.54. The summed E-state index contributed by atoms with van der Waals surface area (Å²) in [4.78, 5) is 17.4. The molecule has 0 bridgehead atoms. The number of hydrogen-bond donors (Lipinski definition) is 1. The van der Waals surface area contributed by atoms with E-state index in [2.05, 4.69) is 4.98 Å². The van der Waals surface area contributed by atoms with Crippen molar-refractivity contribution in [1.29, 1.82) is 0 Å². The second-order valence-electron chi connectivity index (χ2n) is 5.03. The number of pyridine rings is 1. The number of aryl methyl sites for hydroxylation is 1. The molecule has 1 unspecified atom stereocenters. The number of fused-ring (bicyclic) bond motifs is 1. The van der Waals surface area contributed by atoms with Crippen LogP contribution >= 0.6 is 0 Å². The summed E-state index contributed by atoms with van der Waals surface area (Å²) in [5, 5.41) is 9.19. The fourth-order valence-corrected chi connectivity index (χ4v) is 2.72. The molecule has 0 aliphatic carbocycles. The minimum absolute atomic E-state index is 0.160. The van der Waals surface area contributed by atoms with Crippen molar-refractivity contribution in [2.24, 2.45) is 0 Å². The number of carbonyl (C=O) groups is 1. The van der Waals surface area contributed by atoms with Gasteiger partial charge in [-0.25, -0.2) is 14.2 Å². The van der Waals surface area contributed by atoms with E-state index in [1.54, 1.807) is 4.40 Å². The normalized spacial score (nSPS) is 18.9. The molecule has 0 saturated carbocycles. The summed E-state index contributed by atoms with van der Waals surface area (Å²) < 4.78 is 15.0. The first kappa shape index (κ1) is 12.9. The van der Waals surface area contributed by atoms with Crippen molar-refractivity contribution in [3.05, 3.63) is 29.7 Å². The third kappa shape index (κ3) is 2.01. The average molecular weight is 277 g/mol. The maximum Gasteiger partial charge on any atom is 0.354 e. The summed E-state index contributed by atoms with van der Waals surface area (Å²) in [6, 6.07) is 3.75. The third-order valence-corrected chi connectivity index (χ3v) is 3.75. The Hall–Kier alpha value is -2.11. The monoisotopic (exact) mass is 277 g/mol. The number of aromatic nitrogens is 2. The molecule has 1 fully saturated rings. The highest BCUT2D eigenvalue weighted by Gasteiger charge is 2.23. The van der Waals surface area contributed by atoms with Gasteiger partial charge in [0.15, 0.2) is 5.69 Å². The Labute approximate surface area is 115 Å². The smallest absolute Gasteiger partial charge is 0.354 e. The summed E-state index contributed by atoms with van der Waals surface area (Å²) in [7, 11) is 0. The Morgan fingerprint density at radius 1 is 1.55 bits per heavy atom. The van der Waals surface area contributed by atoms with Crippen LogP contribution in [0.4, 0.5) is 10.1 Å². The van der Waals surface area contributed by atoms with Crippen LogP contribution in [0.1, 0.15) is 29.5 Å². The van der Waals surface area contributed by atoms with Crippen LogP contribution in [0.25, 0.3) is 5.65 Å². The molecular formula is C14H16FN3O2. The van der Waals surface area contributed by atoms with E-state index < -0.39 is 12.1 Å². The number of alkyl halides is 1. The lowest BCUT2D eigenvalue weighted by molar-refractivity contribution is 0.0689. The second-order valence-corrected chi connectivity index (χ2v) is 5.03. The molecule has 0 aromatic carbocycles. The van der Waals surface area contributed by atoms with Gasteiger partial charge in [-0.15, -0.1) is 0 Å². The van der Waals surface area contributed by atoms with E-state index in [0.717, 1.165) is 11.4 Å². The molecule has 1 saturated heterocycles. The third-order valence-electron chi connectivity index (χ3n) is 3.75. The number of imidazole rings is 1. The van der Waals surface area contributed by atoms with Crippen LogP contribution in [0.15, 0.2) is 18.3 Å². The van der Waals surface area contributed by atoms with E-state index in [4.69, 9.17) is 0 Å². The number of halogens is 1. The molecule has 3 heterocycles. The molecule has 106 valence electrons. The van der Waals surface area contributed by atoms with Gasteiger partial charge in [-0.1, -0.05) is 6.92 Å². The molecule has 1 aliphatic heterocycles. The largest absolute Gasteiger partial charge is 0.477 e. The number of carboxylic acid groups (broad SMARTS) is 1. The molecule has 1 atom stereocenters. The van der Waals surface area contributed by atoms with Gasteiger partial charge < -0.3 is 10.0 Å². The number of aromatic carboxylic acids is 1. The van der Waals surface area contributed by atoms with Crippen LogP contribution < -0.4 is 4.90 Å². The number of nitrogens with zero attached hydrogens (tertiary/aromatic N) is 3. The zero-order valence-corrected chi connectivity index (χ0v) is 11.2. The quantitative estimate of drug-likeness (QED) is 0.934. The van der Waals surface area contributed by atoms with Crippen molar-refractivity contribution in [1.82, 2.24) is 9.38 Å². The van der Waals surface area contributed by atoms with Crippen molar-refractivity contribution in [2.75, 3.05) is 18.0 Å². The first-order valence-corrected chi connectivity index (χ1v) is 6.73. The molecule has 5 nitrogen and oxygen atoms in total. The van der Waals surface area contributed by atoms with Crippen LogP contribution in [-0.2, 0) is 6.42 Å². The number of hydrogen-bond acceptors (Lipinski definition) is 3. The highest BCUT2D eigenvalue weighted by molar-refractivity contribution is 5.87. The predicted molar refractivity (Wildman–Crippen MR) is 73.3 cm³/mol. The number of carboxylic acids is 1. The van der Waals surface area contributed by atoms with Crippen LogP contribution in [0.3, 0.4) is 0 Å². The maximum atomic E-state index is 13.3. The van der Waals surface area contributed by atoms with Gasteiger partial charge in [0.2, 0.25) is 0 Å². The molecule has 0 spiro atoms. The Balaban J connectivity index is 2.11. The fraction of sp³-hybridized carbons (Fsp3) is 0.429. The standard InChI is InChI=1S/C14H16FN3O2/c1-2-10-5-11(17-4-3-9(15)8-17)6-13-16-7-12(14(19)20)18(10)13/h5-7,9H,2-4,8H2,1H3,(H,19,20). The minimum atomic E-state index is -0.995. The molecule has 2 aromatic heterocycles. The molecule has 0 amide bonds. The van der Waals surface area contributed by atoms with E-state index in [1.807, 2.05) is 24.0 Å². The molecule has 20 heavy (non-hydrogen) atoms. The Bertz CT molecular complexity index is 668. The molecule has 1 aliphatic rings. The van der Waals surface area contributed by atoms with Gasteiger partial charge in [-0.2, -0.15) is 0 Å². The van der Waals surface area contributed by atoms with E-state index >= 15 is 0 Å². The summed E-state index contributed by atoms with van der Waals surface area (Å²) in [5.74, 6) is -0.995. The molecule has 3 rings (SSSR count). The van der Waals surface area contributed by atoms with Gasteiger partial charge in [0, 0.05) is 30.5 Å². The van der Waals surface area contributed by atoms with E-state index in [1.165, 1.54) is 6.20 Å². The number of anilines is 1. The zero-order valence-electron chi connectivity index (χ0n) is 11.2. The van der Waals surface area contributed by atoms with Gasteiger partial charge in [0.05, 0.1) is 6.20 Å². The Morgan fingerprint density at radius 3 is 2.95 bits per heavy atom. The van der Waals surface area contributed by atoms with Crippen molar-refractivity contribution >= 4 is 17.3 Å². The number of rotatable bonds is 3. The highest BCUT2D eigenvalue weighted by atomic mass is 19.1. The van der Waals surface area contributed by atoms with Crippen LogP contribution in [0.5, 0.6) is 0 Å². The van der Waals surface area contributed by atoms with Gasteiger partial charge in [0.25, 0.3) is 0 Å². The van der Waals surface area contributed by atoms with E-state index in [0.29, 0.717) is 31.6 Å². The minimum Gasteiger partial charge on any atom is -0.477 e. The van der Waals surface area contributed by atoms with Crippen molar-refractivity contribution < 1.29 is 14.3 Å². The zero-order chi connectivity index (χ0) is 14.3. The molecule has 6 heteroatoms. The summed E-state index contributed by atoms with van der Waals surface area (Å²) in [6.07, 6.45) is 1.81. The molecule has 2 aromatic rings. The molecular weight excluding hydrogens is 261 g/mol.